The number of likely N-dealkylation sites (tertiary alicyclic amines) is 1. The predicted octanol–water partition coefficient (Wildman–Crippen LogP) is 2.71. The summed E-state index contributed by atoms with van der Waals surface area (Å²) in [7, 11) is 3.52. The van der Waals surface area contributed by atoms with Gasteiger partial charge in [0.15, 0.2) is 0 Å². The van der Waals surface area contributed by atoms with Gasteiger partial charge >= 0.3 is 6.03 Å². The number of hydrogen-bond acceptors (Lipinski definition) is 2. The zero-order chi connectivity index (χ0) is 17.3. The lowest BCUT2D eigenvalue weighted by atomic mass is 9.76. The molecule has 0 bridgehead atoms. The lowest BCUT2D eigenvalue weighted by Gasteiger charge is -2.37. The average molecular weight is 350 g/mol. The zero-order valence-corrected chi connectivity index (χ0v) is 14.9. The molecule has 2 fully saturated rings. The van der Waals surface area contributed by atoms with E-state index in [1.54, 1.807) is 23.9 Å². The van der Waals surface area contributed by atoms with Crippen LogP contribution < -0.4 is 5.32 Å². The molecule has 6 heteroatoms. The van der Waals surface area contributed by atoms with Gasteiger partial charge in [0.25, 0.3) is 0 Å². The summed E-state index contributed by atoms with van der Waals surface area (Å²) in [6.07, 6.45) is 2.59. The maximum atomic E-state index is 12.4. The Morgan fingerprint density at radius 2 is 1.96 bits per heavy atom. The Kier molecular flexibility index (Phi) is 4.99. The molecule has 1 heterocycles. The average Bonchev–Trinajstić information content (AvgIpc) is 3.00. The van der Waals surface area contributed by atoms with E-state index in [-0.39, 0.29) is 23.9 Å². The minimum absolute atomic E-state index is 0.0494. The summed E-state index contributed by atoms with van der Waals surface area (Å²) >= 11 is 6.23. The third-order valence-electron chi connectivity index (χ3n) is 5.08. The van der Waals surface area contributed by atoms with E-state index in [0.29, 0.717) is 19.0 Å². The lowest BCUT2D eigenvalue weighted by Crippen LogP contribution is -2.49. The predicted molar refractivity (Wildman–Crippen MR) is 94.1 cm³/mol. The number of amides is 3. The van der Waals surface area contributed by atoms with E-state index in [1.165, 1.54) is 5.56 Å². The highest BCUT2D eigenvalue weighted by Crippen LogP contribution is 2.40. The molecule has 1 aliphatic carbocycles. The van der Waals surface area contributed by atoms with Crippen LogP contribution in [0.1, 0.15) is 30.7 Å². The van der Waals surface area contributed by atoms with Crippen LogP contribution in [0.2, 0.25) is 5.02 Å². The molecule has 0 aromatic heterocycles. The molecule has 130 valence electrons. The molecular formula is C18H24ClN3O2. The van der Waals surface area contributed by atoms with Gasteiger partial charge in [-0.05, 0) is 36.8 Å². The summed E-state index contributed by atoms with van der Waals surface area (Å²) in [4.78, 5) is 27.7. The standard InChI is InChI=1S/C18H24ClN3O2/c1-21(2)17(23)12-7-8-22(11-12)18(24)20-14-9-13(10-14)15-5-3-4-6-16(15)19/h3-6,12-14H,7-11H2,1-2H3,(H,20,24). The van der Waals surface area contributed by atoms with Crippen molar-refractivity contribution in [2.45, 2.75) is 31.2 Å². The summed E-state index contributed by atoms with van der Waals surface area (Å²) in [6, 6.07) is 8.05. The fourth-order valence-electron chi connectivity index (χ4n) is 3.57. The highest BCUT2D eigenvalue weighted by atomic mass is 35.5. The first-order chi connectivity index (χ1) is 11.5. The van der Waals surface area contributed by atoms with E-state index < -0.39 is 0 Å². The van der Waals surface area contributed by atoms with Gasteiger partial charge < -0.3 is 15.1 Å². The maximum Gasteiger partial charge on any atom is 0.317 e. The van der Waals surface area contributed by atoms with Crippen LogP contribution in [0.4, 0.5) is 4.79 Å². The molecule has 0 spiro atoms. The van der Waals surface area contributed by atoms with Gasteiger partial charge in [-0.3, -0.25) is 4.79 Å². The second-order valence-electron chi connectivity index (χ2n) is 7.00. The summed E-state index contributed by atoms with van der Waals surface area (Å²) in [5.74, 6) is 0.460. The van der Waals surface area contributed by atoms with Crippen molar-refractivity contribution in [1.29, 1.82) is 0 Å². The molecule has 0 radical (unpaired) electrons. The minimum atomic E-state index is -0.0667. The molecule has 1 N–H and O–H groups in total. The number of nitrogens with zero attached hydrogens (tertiary/aromatic N) is 2. The number of carbonyl (C=O) groups is 2. The van der Waals surface area contributed by atoms with E-state index in [4.69, 9.17) is 11.6 Å². The first kappa shape index (κ1) is 17.1. The molecule has 1 unspecified atom stereocenters. The van der Waals surface area contributed by atoms with Crippen molar-refractivity contribution in [3.63, 3.8) is 0 Å². The zero-order valence-electron chi connectivity index (χ0n) is 14.2. The number of urea groups is 1. The molecule has 3 amide bonds. The number of rotatable bonds is 3. The lowest BCUT2D eigenvalue weighted by molar-refractivity contribution is -0.132. The number of halogens is 1. The van der Waals surface area contributed by atoms with Crippen molar-refractivity contribution < 1.29 is 9.59 Å². The third kappa shape index (κ3) is 3.51. The summed E-state index contributed by atoms with van der Waals surface area (Å²) in [5, 5.41) is 3.89. The highest BCUT2D eigenvalue weighted by Gasteiger charge is 2.36. The fourth-order valence-corrected chi connectivity index (χ4v) is 3.86. The van der Waals surface area contributed by atoms with Crippen LogP contribution in [0.25, 0.3) is 0 Å². The van der Waals surface area contributed by atoms with E-state index in [2.05, 4.69) is 11.4 Å². The van der Waals surface area contributed by atoms with Crippen LogP contribution in [0.15, 0.2) is 24.3 Å². The SMILES string of the molecule is CN(C)C(=O)C1CCN(C(=O)NC2CC(c3ccccc3Cl)C2)C1. The molecule has 1 atom stereocenters. The van der Waals surface area contributed by atoms with E-state index >= 15 is 0 Å². The Balaban J connectivity index is 1.46. The molecule has 1 aromatic carbocycles. The summed E-state index contributed by atoms with van der Waals surface area (Å²) < 4.78 is 0. The Labute approximate surface area is 147 Å². The molecule has 1 saturated carbocycles. The third-order valence-corrected chi connectivity index (χ3v) is 5.42. The summed E-state index contributed by atoms with van der Waals surface area (Å²) in [6.45, 7) is 1.17. The van der Waals surface area contributed by atoms with Gasteiger partial charge in [-0.2, -0.15) is 0 Å². The second-order valence-corrected chi connectivity index (χ2v) is 7.41. The molecule has 1 saturated heterocycles. The highest BCUT2D eigenvalue weighted by molar-refractivity contribution is 6.31. The maximum absolute atomic E-state index is 12.4. The number of hydrogen-bond donors (Lipinski definition) is 1. The van der Waals surface area contributed by atoms with Crippen LogP contribution in [-0.4, -0.2) is 55.0 Å². The molecule has 1 aliphatic heterocycles. The van der Waals surface area contributed by atoms with Crippen molar-refractivity contribution in [2.75, 3.05) is 27.2 Å². The van der Waals surface area contributed by atoms with Gasteiger partial charge in [0.2, 0.25) is 5.91 Å². The number of nitrogens with one attached hydrogen (secondary N) is 1. The Morgan fingerprint density at radius 3 is 2.62 bits per heavy atom. The normalized spacial score (nSPS) is 26.0. The van der Waals surface area contributed by atoms with Crippen LogP contribution in [0, 0.1) is 5.92 Å². The smallest absolute Gasteiger partial charge is 0.317 e. The van der Waals surface area contributed by atoms with Crippen LogP contribution in [0.5, 0.6) is 0 Å². The molecular weight excluding hydrogens is 326 g/mol. The molecule has 1 aromatic rings. The fraction of sp³-hybridized carbons (Fsp3) is 0.556. The second kappa shape index (κ2) is 7.01. The van der Waals surface area contributed by atoms with E-state index in [9.17, 15) is 9.59 Å². The Bertz CT molecular complexity index is 628. The monoisotopic (exact) mass is 349 g/mol. The Morgan fingerprint density at radius 1 is 1.25 bits per heavy atom. The van der Waals surface area contributed by atoms with Crippen molar-refractivity contribution in [3.05, 3.63) is 34.9 Å². The topological polar surface area (TPSA) is 52.7 Å². The first-order valence-electron chi connectivity index (χ1n) is 8.46. The number of carbonyl (C=O) groups excluding carboxylic acids is 2. The molecule has 5 nitrogen and oxygen atoms in total. The molecule has 3 rings (SSSR count). The quantitative estimate of drug-likeness (QED) is 0.912. The molecule has 2 aliphatic rings. The van der Waals surface area contributed by atoms with Crippen molar-refractivity contribution in [2.24, 2.45) is 5.92 Å². The first-order valence-corrected chi connectivity index (χ1v) is 8.84. The molecule has 24 heavy (non-hydrogen) atoms. The van der Waals surface area contributed by atoms with Crippen LogP contribution >= 0.6 is 11.6 Å². The van der Waals surface area contributed by atoms with Crippen molar-refractivity contribution >= 4 is 23.5 Å². The van der Waals surface area contributed by atoms with Gasteiger partial charge in [0.05, 0.1) is 5.92 Å². The van der Waals surface area contributed by atoms with E-state index in [1.807, 2.05) is 18.2 Å². The number of benzene rings is 1. The largest absolute Gasteiger partial charge is 0.349 e. The Hall–Kier alpha value is -1.75. The van der Waals surface area contributed by atoms with Gasteiger partial charge in [-0.1, -0.05) is 29.8 Å². The van der Waals surface area contributed by atoms with Crippen LogP contribution in [-0.2, 0) is 4.79 Å². The van der Waals surface area contributed by atoms with Crippen LogP contribution in [0.3, 0.4) is 0 Å². The summed E-state index contributed by atoms with van der Waals surface area (Å²) in [5.41, 5.74) is 1.17. The van der Waals surface area contributed by atoms with Gasteiger partial charge in [0.1, 0.15) is 0 Å². The van der Waals surface area contributed by atoms with Gasteiger partial charge in [-0.25, -0.2) is 4.79 Å². The van der Waals surface area contributed by atoms with Crippen molar-refractivity contribution in [1.82, 2.24) is 15.1 Å². The van der Waals surface area contributed by atoms with E-state index in [0.717, 1.165) is 24.3 Å². The van der Waals surface area contributed by atoms with Gasteiger partial charge in [0, 0.05) is 38.2 Å². The van der Waals surface area contributed by atoms with Gasteiger partial charge in [-0.15, -0.1) is 0 Å². The van der Waals surface area contributed by atoms with Crippen molar-refractivity contribution in [3.8, 4) is 0 Å². The minimum Gasteiger partial charge on any atom is -0.349 e.